The third-order valence-corrected chi connectivity index (χ3v) is 2.11. The van der Waals surface area contributed by atoms with Crippen LogP contribution >= 0.6 is 0 Å². The Labute approximate surface area is 71.2 Å². The zero-order valence-electron chi connectivity index (χ0n) is 7.05. The first kappa shape index (κ1) is 7.40. The van der Waals surface area contributed by atoms with Crippen LogP contribution in [0.15, 0.2) is 12.3 Å². The number of carbonyl (C=O) groups is 1. The van der Waals surface area contributed by atoms with Gasteiger partial charge in [0.25, 0.3) is 5.91 Å². The van der Waals surface area contributed by atoms with Crippen molar-refractivity contribution in [1.29, 1.82) is 0 Å². The summed E-state index contributed by atoms with van der Waals surface area (Å²) in [5.74, 6) is 0.0521. The normalized spacial score (nSPS) is 16.1. The van der Waals surface area contributed by atoms with Crippen molar-refractivity contribution in [2.75, 3.05) is 0 Å². The quantitative estimate of drug-likeness (QED) is 0.678. The van der Waals surface area contributed by atoms with Gasteiger partial charge in [-0.15, -0.1) is 0 Å². The van der Waals surface area contributed by atoms with E-state index in [1.165, 1.54) is 0 Å². The van der Waals surface area contributed by atoms with E-state index in [1.807, 2.05) is 13.0 Å². The van der Waals surface area contributed by atoms with Crippen LogP contribution in [0.5, 0.6) is 0 Å². The van der Waals surface area contributed by atoms with Crippen LogP contribution in [0.1, 0.15) is 28.9 Å². The SMILES string of the molecule is Cc1[nH]ccc1C(=O)NC1CC1. The van der Waals surface area contributed by atoms with Crippen LogP contribution in [0.4, 0.5) is 0 Å². The summed E-state index contributed by atoms with van der Waals surface area (Å²) < 4.78 is 0. The molecule has 2 rings (SSSR count). The first-order valence-corrected chi connectivity index (χ1v) is 4.22. The van der Waals surface area contributed by atoms with Crippen LogP contribution in [0.25, 0.3) is 0 Å². The number of H-pyrrole nitrogens is 1. The van der Waals surface area contributed by atoms with Crippen molar-refractivity contribution in [3.05, 3.63) is 23.5 Å². The fourth-order valence-corrected chi connectivity index (χ4v) is 1.19. The van der Waals surface area contributed by atoms with E-state index in [-0.39, 0.29) is 5.91 Å². The molecule has 0 aliphatic heterocycles. The number of hydrogen-bond donors (Lipinski definition) is 2. The third-order valence-electron chi connectivity index (χ3n) is 2.11. The largest absolute Gasteiger partial charge is 0.365 e. The lowest BCUT2D eigenvalue weighted by Crippen LogP contribution is -2.25. The highest BCUT2D eigenvalue weighted by Gasteiger charge is 2.24. The minimum absolute atomic E-state index is 0.0521. The minimum atomic E-state index is 0.0521. The van der Waals surface area contributed by atoms with Crippen LogP contribution in [0.2, 0.25) is 0 Å². The number of nitrogens with one attached hydrogen (secondary N) is 2. The van der Waals surface area contributed by atoms with Gasteiger partial charge >= 0.3 is 0 Å². The Morgan fingerprint density at radius 2 is 2.42 bits per heavy atom. The number of aromatic amines is 1. The van der Waals surface area contributed by atoms with Crippen LogP contribution in [-0.4, -0.2) is 16.9 Å². The molecule has 64 valence electrons. The fourth-order valence-electron chi connectivity index (χ4n) is 1.19. The first-order chi connectivity index (χ1) is 5.77. The Morgan fingerprint density at radius 3 is 2.92 bits per heavy atom. The van der Waals surface area contributed by atoms with Gasteiger partial charge in [0.15, 0.2) is 0 Å². The molecule has 1 aromatic rings. The van der Waals surface area contributed by atoms with Crippen LogP contribution in [-0.2, 0) is 0 Å². The summed E-state index contributed by atoms with van der Waals surface area (Å²) in [5.41, 5.74) is 1.70. The molecule has 0 atom stereocenters. The second-order valence-electron chi connectivity index (χ2n) is 3.26. The molecule has 1 heterocycles. The Balaban J connectivity index is 2.07. The number of rotatable bonds is 2. The van der Waals surface area contributed by atoms with Crippen molar-refractivity contribution in [2.24, 2.45) is 0 Å². The maximum absolute atomic E-state index is 11.4. The zero-order chi connectivity index (χ0) is 8.55. The Kier molecular flexibility index (Phi) is 1.64. The molecule has 1 amide bonds. The predicted molar refractivity (Wildman–Crippen MR) is 46.0 cm³/mol. The maximum Gasteiger partial charge on any atom is 0.253 e. The molecule has 2 N–H and O–H groups in total. The molecule has 3 nitrogen and oxygen atoms in total. The number of amides is 1. The Hall–Kier alpha value is -1.25. The Morgan fingerprint density at radius 1 is 1.67 bits per heavy atom. The van der Waals surface area contributed by atoms with Gasteiger partial charge in [0.2, 0.25) is 0 Å². The van der Waals surface area contributed by atoms with E-state index in [0.29, 0.717) is 6.04 Å². The van der Waals surface area contributed by atoms with E-state index in [1.54, 1.807) is 6.20 Å². The van der Waals surface area contributed by atoms with E-state index in [4.69, 9.17) is 0 Å². The van der Waals surface area contributed by atoms with Crippen LogP contribution in [0.3, 0.4) is 0 Å². The van der Waals surface area contributed by atoms with Gasteiger partial charge in [-0.3, -0.25) is 4.79 Å². The average Bonchev–Trinajstić information content (AvgIpc) is 2.72. The molecule has 3 heteroatoms. The summed E-state index contributed by atoms with van der Waals surface area (Å²) in [5, 5.41) is 2.94. The van der Waals surface area contributed by atoms with Crippen molar-refractivity contribution in [3.63, 3.8) is 0 Å². The van der Waals surface area contributed by atoms with Gasteiger partial charge in [0, 0.05) is 17.9 Å². The van der Waals surface area contributed by atoms with E-state index >= 15 is 0 Å². The number of carbonyl (C=O) groups excluding carboxylic acids is 1. The van der Waals surface area contributed by atoms with E-state index < -0.39 is 0 Å². The van der Waals surface area contributed by atoms with Gasteiger partial charge in [0.05, 0.1) is 5.56 Å². The number of aryl methyl sites for hydroxylation is 1. The molecular weight excluding hydrogens is 152 g/mol. The molecule has 12 heavy (non-hydrogen) atoms. The summed E-state index contributed by atoms with van der Waals surface area (Å²) in [6, 6.07) is 2.25. The molecule has 0 unspecified atom stereocenters. The highest BCUT2D eigenvalue weighted by molar-refractivity contribution is 5.95. The number of aromatic nitrogens is 1. The van der Waals surface area contributed by atoms with E-state index in [9.17, 15) is 4.79 Å². The molecule has 1 fully saturated rings. The van der Waals surface area contributed by atoms with Gasteiger partial charge in [-0.2, -0.15) is 0 Å². The van der Waals surface area contributed by atoms with Gasteiger partial charge in [0.1, 0.15) is 0 Å². The van der Waals surface area contributed by atoms with Crippen LogP contribution in [0, 0.1) is 6.92 Å². The van der Waals surface area contributed by atoms with Crippen molar-refractivity contribution >= 4 is 5.91 Å². The van der Waals surface area contributed by atoms with E-state index in [2.05, 4.69) is 10.3 Å². The lowest BCUT2D eigenvalue weighted by molar-refractivity contribution is 0.0950. The summed E-state index contributed by atoms with van der Waals surface area (Å²) in [4.78, 5) is 14.4. The minimum Gasteiger partial charge on any atom is -0.365 e. The van der Waals surface area contributed by atoms with Gasteiger partial charge < -0.3 is 10.3 Å². The standard InChI is InChI=1S/C9H12N2O/c1-6-8(4-5-10-6)9(12)11-7-2-3-7/h4-5,7,10H,2-3H2,1H3,(H,11,12). The summed E-state index contributed by atoms with van der Waals surface area (Å²) in [6.07, 6.45) is 4.06. The predicted octanol–water partition coefficient (Wildman–Crippen LogP) is 1.22. The van der Waals surface area contributed by atoms with Crippen LogP contribution < -0.4 is 5.32 Å². The second-order valence-corrected chi connectivity index (χ2v) is 3.26. The molecule has 1 aliphatic carbocycles. The average molecular weight is 164 g/mol. The fraction of sp³-hybridized carbons (Fsp3) is 0.444. The van der Waals surface area contributed by atoms with Gasteiger partial charge in [-0.05, 0) is 25.8 Å². The molecule has 1 aromatic heterocycles. The molecule has 0 saturated heterocycles. The Bertz CT molecular complexity index is 299. The lowest BCUT2D eigenvalue weighted by atomic mass is 10.2. The molecule has 0 radical (unpaired) electrons. The third kappa shape index (κ3) is 1.35. The molecule has 0 bridgehead atoms. The topological polar surface area (TPSA) is 44.9 Å². The molecule has 1 saturated carbocycles. The summed E-state index contributed by atoms with van der Waals surface area (Å²) >= 11 is 0. The molecular formula is C9H12N2O. The van der Waals surface area contributed by atoms with Crippen molar-refractivity contribution < 1.29 is 4.79 Å². The summed E-state index contributed by atoms with van der Waals surface area (Å²) in [7, 11) is 0. The second kappa shape index (κ2) is 2.66. The first-order valence-electron chi connectivity index (χ1n) is 4.22. The molecule has 1 aliphatic rings. The lowest BCUT2D eigenvalue weighted by Gasteiger charge is -2.00. The van der Waals surface area contributed by atoms with Crippen molar-refractivity contribution in [3.8, 4) is 0 Å². The van der Waals surface area contributed by atoms with Crippen molar-refractivity contribution in [1.82, 2.24) is 10.3 Å². The van der Waals surface area contributed by atoms with E-state index in [0.717, 1.165) is 24.1 Å². The highest BCUT2D eigenvalue weighted by Crippen LogP contribution is 2.19. The zero-order valence-corrected chi connectivity index (χ0v) is 7.05. The smallest absolute Gasteiger partial charge is 0.253 e. The van der Waals surface area contributed by atoms with Crippen molar-refractivity contribution in [2.45, 2.75) is 25.8 Å². The summed E-state index contributed by atoms with van der Waals surface area (Å²) in [6.45, 7) is 1.90. The van der Waals surface area contributed by atoms with Gasteiger partial charge in [-0.25, -0.2) is 0 Å². The maximum atomic E-state index is 11.4. The molecule has 0 spiro atoms. The highest BCUT2D eigenvalue weighted by atomic mass is 16.1. The number of hydrogen-bond acceptors (Lipinski definition) is 1. The molecule has 0 aromatic carbocycles. The monoisotopic (exact) mass is 164 g/mol. The van der Waals surface area contributed by atoms with Gasteiger partial charge in [-0.1, -0.05) is 0 Å².